The Bertz CT molecular complexity index is 764. The molecule has 1 aliphatic rings. The maximum absolute atomic E-state index is 12.9. The third-order valence-electron chi connectivity index (χ3n) is 4.32. The van der Waals surface area contributed by atoms with E-state index in [0.717, 1.165) is 18.4 Å². The van der Waals surface area contributed by atoms with Gasteiger partial charge in [0.05, 0.1) is 15.9 Å². The first kappa shape index (κ1) is 16.5. The first-order valence-electron chi connectivity index (χ1n) is 7.80. The van der Waals surface area contributed by atoms with Gasteiger partial charge in [-0.15, -0.1) is 11.8 Å². The Morgan fingerprint density at radius 2 is 2.00 bits per heavy atom. The third kappa shape index (κ3) is 3.14. The number of carbonyl (C=O) groups excluding carboxylic acids is 1. The van der Waals surface area contributed by atoms with E-state index in [9.17, 15) is 14.9 Å². The van der Waals surface area contributed by atoms with Gasteiger partial charge in [0.15, 0.2) is 0 Å². The second-order valence-corrected chi connectivity index (χ2v) is 6.56. The second kappa shape index (κ2) is 7.05. The minimum absolute atomic E-state index is 0.0104. The molecular weight excluding hydrogens is 324 g/mol. The molecule has 0 saturated carbocycles. The number of likely N-dealkylation sites (tertiary alicyclic amines) is 1. The topological polar surface area (TPSA) is 63.5 Å². The van der Waals surface area contributed by atoms with E-state index in [0.29, 0.717) is 17.0 Å². The molecule has 6 heteroatoms. The first-order chi connectivity index (χ1) is 11.6. The van der Waals surface area contributed by atoms with E-state index in [1.54, 1.807) is 18.4 Å². The lowest BCUT2D eigenvalue weighted by Gasteiger charge is -2.25. The van der Waals surface area contributed by atoms with Crippen molar-refractivity contribution in [3.8, 4) is 0 Å². The number of nitro benzene ring substituents is 1. The highest BCUT2D eigenvalue weighted by Gasteiger charge is 2.31. The summed E-state index contributed by atoms with van der Waals surface area (Å²) in [5.74, 6) is -0.142. The zero-order valence-electron chi connectivity index (χ0n) is 13.3. The van der Waals surface area contributed by atoms with Gasteiger partial charge in [-0.25, -0.2) is 0 Å². The number of hydrogen-bond acceptors (Lipinski definition) is 4. The molecule has 0 radical (unpaired) electrons. The van der Waals surface area contributed by atoms with Gasteiger partial charge in [-0.05, 0) is 36.8 Å². The van der Waals surface area contributed by atoms with Crippen molar-refractivity contribution in [2.45, 2.75) is 23.8 Å². The Morgan fingerprint density at radius 3 is 2.67 bits per heavy atom. The number of amides is 1. The molecule has 5 nitrogen and oxygen atoms in total. The van der Waals surface area contributed by atoms with Gasteiger partial charge in [-0.3, -0.25) is 14.9 Å². The van der Waals surface area contributed by atoms with Crippen molar-refractivity contribution >= 4 is 23.4 Å². The largest absolute Gasteiger partial charge is 0.332 e. The molecule has 1 atom stereocenters. The highest BCUT2D eigenvalue weighted by molar-refractivity contribution is 7.98. The van der Waals surface area contributed by atoms with Crippen LogP contribution in [0.25, 0.3) is 0 Å². The van der Waals surface area contributed by atoms with E-state index in [4.69, 9.17) is 0 Å². The van der Waals surface area contributed by atoms with Crippen LogP contribution in [-0.2, 0) is 0 Å². The molecular formula is C18H18N2O3S. The molecule has 3 rings (SSSR count). The summed E-state index contributed by atoms with van der Waals surface area (Å²) < 4.78 is 0. The van der Waals surface area contributed by atoms with Gasteiger partial charge >= 0.3 is 0 Å². The molecule has 0 aromatic heterocycles. The van der Waals surface area contributed by atoms with Crippen LogP contribution in [0, 0.1) is 10.1 Å². The number of carbonyl (C=O) groups is 1. The molecule has 1 saturated heterocycles. The van der Waals surface area contributed by atoms with Gasteiger partial charge in [0.2, 0.25) is 0 Å². The van der Waals surface area contributed by atoms with Gasteiger partial charge in [0, 0.05) is 18.2 Å². The van der Waals surface area contributed by atoms with Crippen molar-refractivity contribution in [1.82, 2.24) is 4.90 Å². The van der Waals surface area contributed by atoms with Crippen LogP contribution in [0.15, 0.2) is 53.4 Å². The molecule has 0 bridgehead atoms. The molecule has 0 aliphatic carbocycles. The van der Waals surface area contributed by atoms with Gasteiger partial charge < -0.3 is 4.90 Å². The summed E-state index contributed by atoms with van der Waals surface area (Å²) in [6.07, 6.45) is 3.65. The molecule has 1 unspecified atom stereocenters. The molecule has 1 aliphatic heterocycles. The number of hydrogen-bond donors (Lipinski definition) is 0. The van der Waals surface area contributed by atoms with E-state index in [-0.39, 0.29) is 17.6 Å². The van der Waals surface area contributed by atoms with E-state index >= 15 is 0 Å². The monoisotopic (exact) mass is 342 g/mol. The lowest BCUT2D eigenvalue weighted by Crippen LogP contribution is -2.30. The summed E-state index contributed by atoms with van der Waals surface area (Å²) in [4.78, 5) is 26.1. The van der Waals surface area contributed by atoms with Gasteiger partial charge in [-0.2, -0.15) is 0 Å². The zero-order valence-corrected chi connectivity index (χ0v) is 14.2. The molecule has 124 valence electrons. The zero-order chi connectivity index (χ0) is 17.1. The summed E-state index contributed by atoms with van der Waals surface area (Å²) in [5, 5.41) is 11.2. The van der Waals surface area contributed by atoms with Crippen molar-refractivity contribution in [2.24, 2.45) is 0 Å². The number of nitro groups is 1. The molecule has 0 spiro atoms. The van der Waals surface area contributed by atoms with Crippen molar-refractivity contribution in [1.29, 1.82) is 0 Å². The average Bonchev–Trinajstić information content (AvgIpc) is 3.11. The average molecular weight is 342 g/mol. The Labute approximate surface area is 144 Å². The van der Waals surface area contributed by atoms with Crippen molar-refractivity contribution < 1.29 is 9.72 Å². The van der Waals surface area contributed by atoms with Crippen LogP contribution in [0.4, 0.5) is 5.69 Å². The second-order valence-electron chi connectivity index (χ2n) is 5.71. The fraction of sp³-hybridized carbons (Fsp3) is 0.278. The minimum Gasteiger partial charge on any atom is -0.332 e. The van der Waals surface area contributed by atoms with Crippen LogP contribution < -0.4 is 0 Å². The lowest BCUT2D eigenvalue weighted by molar-refractivity contribution is -0.387. The minimum atomic E-state index is -0.429. The Balaban J connectivity index is 1.91. The molecule has 1 amide bonds. The fourth-order valence-corrected chi connectivity index (χ4v) is 3.71. The molecule has 1 fully saturated rings. The van der Waals surface area contributed by atoms with E-state index < -0.39 is 4.92 Å². The number of rotatable bonds is 4. The third-order valence-corrected chi connectivity index (χ3v) is 5.11. The van der Waals surface area contributed by atoms with Crippen LogP contribution in [-0.4, -0.2) is 28.5 Å². The van der Waals surface area contributed by atoms with Crippen molar-refractivity contribution in [3.63, 3.8) is 0 Å². The maximum Gasteiger partial charge on any atom is 0.283 e. The van der Waals surface area contributed by atoms with Crippen molar-refractivity contribution in [3.05, 3.63) is 69.8 Å². The molecule has 2 aromatic rings. The van der Waals surface area contributed by atoms with E-state index in [1.165, 1.54) is 17.8 Å². The number of nitrogens with zero attached hydrogens (tertiary/aromatic N) is 2. The Kier molecular flexibility index (Phi) is 4.85. The SMILES string of the molecule is CSc1ccc(C(=O)N2CCCC2c2ccccc2)cc1[N+](=O)[O-]. The summed E-state index contributed by atoms with van der Waals surface area (Å²) in [6, 6.07) is 14.7. The van der Waals surface area contributed by atoms with Crippen LogP contribution in [0.3, 0.4) is 0 Å². The van der Waals surface area contributed by atoms with Crippen LogP contribution >= 0.6 is 11.8 Å². The Hall–Kier alpha value is -2.34. The lowest BCUT2D eigenvalue weighted by atomic mass is 10.0. The first-order valence-corrected chi connectivity index (χ1v) is 9.02. The Morgan fingerprint density at radius 1 is 1.25 bits per heavy atom. The van der Waals surface area contributed by atoms with Crippen LogP contribution in [0.5, 0.6) is 0 Å². The highest BCUT2D eigenvalue weighted by atomic mass is 32.2. The summed E-state index contributed by atoms with van der Waals surface area (Å²) in [7, 11) is 0. The quantitative estimate of drug-likeness (QED) is 0.472. The molecule has 0 N–H and O–H groups in total. The van der Waals surface area contributed by atoms with Gasteiger partial charge in [-0.1, -0.05) is 30.3 Å². The normalized spacial score (nSPS) is 17.0. The van der Waals surface area contributed by atoms with Crippen LogP contribution in [0.1, 0.15) is 34.8 Å². The van der Waals surface area contributed by atoms with Crippen LogP contribution in [0.2, 0.25) is 0 Å². The van der Waals surface area contributed by atoms with E-state index in [2.05, 4.69) is 0 Å². The predicted molar refractivity (Wildman–Crippen MR) is 94.3 cm³/mol. The number of thioether (sulfide) groups is 1. The molecule has 24 heavy (non-hydrogen) atoms. The summed E-state index contributed by atoms with van der Waals surface area (Å²) >= 11 is 1.31. The van der Waals surface area contributed by atoms with Gasteiger partial charge in [0.1, 0.15) is 0 Å². The summed E-state index contributed by atoms with van der Waals surface area (Å²) in [5.41, 5.74) is 1.48. The molecule has 2 aromatic carbocycles. The standard InChI is InChI=1S/C18H18N2O3S/c1-24-17-10-9-14(12-16(17)20(22)23)18(21)19-11-5-8-15(19)13-6-3-2-4-7-13/h2-4,6-7,9-10,12,15H,5,8,11H2,1H3. The van der Waals surface area contributed by atoms with Gasteiger partial charge in [0.25, 0.3) is 11.6 Å². The predicted octanol–water partition coefficient (Wildman–Crippen LogP) is 4.29. The van der Waals surface area contributed by atoms with Crippen molar-refractivity contribution in [2.75, 3.05) is 12.8 Å². The maximum atomic E-state index is 12.9. The highest BCUT2D eigenvalue weighted by Crippen LogP contribution is 2.34. The smallest absolute Gasteiger partial charge is 0.283 e. The van der Waals surface area contributed by atoms with E-state index in [1.807, 2.05) is 35.2 Å². The fourth-order valence-electron chi connectivity index (χ4n) is 3.16. The number of benzene rings is 2. The molecule has 1 heterocycles. The summed E-state index contributed by atoms with van der Waals surface area (Å²) in [6.45, 7) is 0.677.